The van der Waals surface area contributed by atoms with E-state index in [9.17, 15) is 14.4 Å². The number of hydrogen-bond acceptors (Lipinski definition) is 29. The van der Waals surface area contributed by atoms with Crippen molar-refractivity contribution >= 4 is 39.7 Å². The van der Waals surface area contributed by atoms with Crippen LogP contribution in [0.1, 0.15) is 27.1 Å². The lowest BCUT2D eigenvalue weighted by molar-refractivity contribution is -0.120. The van der Waals surface area contributed by atoms with Gasteiger partial charge in [-0.2, -0.15) is 0 Å². The van der Waals surface area contributed by atoms with Crippen LogP contribution in [0.4, 0.5) is 0 Å². The van der Waals surface area contributed by atoms with Crippen molar-refractivity contribution in [3.05, 3.63) is 59.8 Å². The van der Waals surface area contributed by atoms with Crippen LogP contribution in [0.15, 0.2) is 53.7 Å². The molecule has 0 aliphatic rings. The predicted octanol–water partition coefficient (Wildman–Crippen LogP) is 2.95. The maximum atomic E-state index is 12.1. The Bertz CT molecular complexity index is 1910. The van der Waals surface area contributed by atoms with Gasteiger partial charge in [-0.05, 0) is 35.1 Å². The largest absolute Gasteiger partial charge is 0.377 e. The first kappa shape index (κ1) is 87.8. The smallest absolute Gasteiger partial charge is 0.251 e. The van der Waals surface area contributed by atoms with Crippen molar-refractivity contribution in [2.24, 2.45) is 0 Å². The Labute approximate surface area is 570 Å². The second kappa shape index (κ2) is 75.0. The molecule has 0 saturated heterocycles. The second-order valence-electron chi connectivity index (χ2n) is 19.3. The molecule has 2 rings (SSSR count). The number of hydrogen-bond donors (Lipinski definition) is 2. The van der Waals surface area contributed by atoms with E-state index in [1.807, 2.05) is 18.2 Å². The van der Waals surface area contributed by atoms with Crippen LogP contribution in [0.3, 0.4) is 0 Å². The molecule has 2 N–H and O–H groups in total. The normalized spacial score (nSPS) is 11.5. The maximum absolute atomic E-state index is 12.1. The minimum Gasteiger partial charge on any atom is -0.377 e. The Balaban J connectivity index is 1.09. The molecule has 1 heterocycles. The summed E-state index contributed by atoms with van der Waals surface area (Å²) < 4.78 is 127. The molecule has 1 aromatic carbocycles. The maximum Gasteiger partial charge on any atom is 0.251 e. The molecule has 0 radical (unpaired) electrons. The molecule has 31 heteroatoms. The lowest BCUT2D eigenvalue weighted by atomic mass is 10.1. The Morgan fingerprint density at radius 2 is 0.558 bits per heavy atom. The zero-order valence-corrected chi connectivity index (χ0v) is 57.6. The first-order valence-electron chi connectivity index (χ1n) is 32.8. The number of aldehydes is 1. The van der Waals surface area contributed by atoms with Crippen LogP contribution in [0.5, 0.6) is 0 Å². The molecule has 2 amide bonds. The van der Waals surface area contributed by atoms with Crippen molar-refractivity contribution in [2.75, 3.05) is 323 Å². The zero-order chi connectivity index (χ0) is 67.4. The van der Waals surface area contributed by atoms with Gasteiger partial charge in [-0.1, -0.05) is 29.0 Å². The lowest BCUT2D eigenvalue weighted by Crippen LogP contribution is -2.27. The summed E-state index contributed by atoms with van der Waals surface area (Å²) in [6.45, 7) is 22.3. The van der Waals surface area contributed by atoms with E-state index in [1.165, 1.54) is 0 Å². The molecule has 0 unspecified atom stereocenters. The van der Waals surface area contributed by atoms with Gasteiger partial charge in [0, 0.05) is 42.6 Å². The van der Waals surface area contributed by atoms with Gasteiger partial charge in [0.1, 0.15) is 11.3 Å². The fourth-order valence-corrected chi connectivity index (χ4v) is 8.84. The van der Waals surface area contributed by atoms with Crippen molar-refractivity contribution in [3.63, 3.8) is 0 Å². The second-order valence-corrected chi connectivity index (χ2v) is 21.7. The lowest BCUT2D eigenvalue weighted by Gasteiger charge is -2.09. The average molecular weight is 1400 g/mol. The molecule has 0 spiro atoms. The number of ether oxygens (including phenoxy) is 23. The van der Waals surface area contributed by atoms with Crippen LogP contribution in [0.2, 0.25) is 0 Å². The molecule has 1 aromatic heterocycles. The van der Waals surface area contributed by atoms with Crippen molar-refractivity contribution in [1.29, 1.82) is 0 Å². The number of pyridine rings is 1. The highest BCUT2D eigenvalue weighted by atomic mass is 33.1. The standard InChI is InChI=1S/C64H111N3O26S2/c68-59-60-4-6-61(7-5-60)64(70)67-11-13-72-15-17-74-19-21-76-23-25-78-27-29-80-31-33-82-35-37-84-39-41-86-43-45-88-47-49-90-51-53-92-55-57-93-56-54-91-52-50-89-48-46-87-44-42-85-40-38-83-36-34-81-32-30-79-28-26-77-24-22-75-20-18-73-16-14-71-12-10-65-62(69)8-58-94-95-63-3-1-2-9-66-63/h1-7,9,59H,8,10-58H2,(H,65,69)(H,67,70). The van der Waals surface area contributed by atoms with Crippen molar-refractivity contribution in [2.45, 2.75) is 11.4 Å². The summed E-state index contributed by atoms with van der Waals surface area (Å²) in [5.74, 6) is 0.505. The number of nitrogens with one attached hydrogen (secondary N) is 2. The molecular weight excluding hydrogens is 1290 g/mol. The van der Waals surface area contributed by atoms with E-state index in [0.717, 1.165) is 11.3 Å². The van der Waals surface area contributed by atoms with Gasteiger partial charge < -0.3 is 120 Å². The fourth-order valence-electron chi connectivity index (χ4n) is 6.98. The number of carbonyl (C=O) groups is 3. The molecular formula is C64H111N3O26S2. The van der Waals surface area contributed by atoms with Crippen LogP contribution < -0.4 is 10.6 Å². The summed E-state index contributed by atoms with van der Waals surface area (Å²) in [5, 5.41) is 6.56. The van der Waals surface area contributed by atoms with Crippen LogP contribution in [0.25, 0.3) is 0 Å². The molecule has 29 nitrogen and oxygen atoms in total. The van der Waals surface area contributed by atoms with Gasteiger partial charge in [-0.3, -0.25) is 14.4 Å². The summed E-state index contributed by atoms with van der Waals surface area (Å²) in [4.78, 5) is 38.9. The van der Waals surface area contributed by atoms with Crippen LogP contribution >= 0.6 is 21.6 Å². The van der Waals surface area contributed by atoms with Crippen molar-refractivity contribution in [1.82, 2.24) is 15.6 Å². The van der Waals surface area contributed by atoms with E-state index in [-0.39, 0.29) is 11.8 Å². The van der Waals surface area contributed by atoms with Gasteiger partial charge in [0.15, 0.2) is 0 Å². The van der Waals surface area contributed by atoms with E-state index in [4.69, 9.17) is 109 Å². The molecule has 0 atom stereocenters. The minimum atomic E-state index is -0.218. The average Bonchev–Trinajstić information content (AvgIpc) is 2.13. The Morgan fingerprint density at radius 1 is 0.316 bits per heavy atom. The van der Waals surface area contributed by atoms with E-state index >= 15 is 0 Å². The van der Waals surface area contributed by atoms with Gasteiger partial charge in [0.2, 0.25) is 5.91 Å². The Kier molecular flexibility index (Phi) is 69.3. The number of rotatable bonds is 79. The first-order valence-corrected chi connectivity index (χ1v) is 35.1. The SMILES string of the molecule is O=Cc1ccc(C(=O)NCCOCCOCCOCCOCCOCCOCCOCCOCCOCCOCCOCCOCCOCCOCCOCCOCCOCCOCCOCCOCCOCCOCCOCCNC(=O)CCSSc2ccccn2)cc1. The third-order valence-corrected chi connectivity index (χ3v) is 14.1. The number of aromatic nitrogens is 1. The minimum absolute atomic E-state index is 0.00928. The summed E-state index contributed by atoms with van der Waals surface area (Å²) in [5.41, 5.74) is 1.01. The molecule has 2 aromatic rings. The Morgan fingerprint density at radius 3 is 0.789 bits per heavy atom. The monoisotopic (exact) mass is 1400 g/mol. The van der Waals surface area contributed by atoms with E-state index in [1.54, 1.807) is 52.1 Å². The van der Waals surface area contributed by atoms with Gasteiger partial charge >= 0.3 is 0 Å². The highest BCUT2D eigenvalue weighted by Gasteiger charge is 2.07. The van der Waals surface area contributed by atoms with Gasteiger partial charge in [-0.25, -0.2) is 4.98 Å². The number of amides is 2. The molecule has 0 aliphatic carbocycles. The van der Waals surface area contributed by atoms with E-state index in [2.05, 4.69) is 15.6 Å². The number of benzene rings is 1. The molecule has 95 heavy (non-hydrogen) atoms. The van der Waals surface area contributed by atoms with E-state index in [0.29, 0.717) is 340 Å². The van der Waals surface area contributed by atoms with Crippen LogP contribution in [-0.4, -0.2) is 346 Å². The van der Waals surface area contributed by atoms with Gasteiger partial charge in [0.05, 0.1) is 304 Å². The summed E-state index contributed by atoms with van der Waals surface area (Å²) in [6, 6.07) is 12.2. The summed E-state index contributed by atoms with van der Waals surface area (Å²) >= 11 is 0. The molecule has 550 valence electrons. The summed E-state index contributed by atoms with van der Waals surface area (Å²) in [7, 11) is 3.18. The highest BCUT2D eigenvalue weighted by Crippen LogP contribution is 2.29. The highest BCUT2D eigenvalue weighted by molar-refractivity contribution is 8.76. The molecule has 0 aliphatic heterocycles. The summed E-state index contributed by atoms with van der Waals surface area (Å²) in [6.07, 6.45) is 2.94. The molecule has 0 fully saturated rings. The molecule has 0 bridgehead atoms. The quantitative estimate of drug-likeness (QED) is 0.0546. The van der Waals surface area contributed by atoms with Crippen LogP contribution in [-0.2, 0) is 114 Å². The van der Waals surface area contributed by atoms with Crippen molar-refractivity contribution < 1.29 is 123 Å². The Hall–Kier alpha value is -3.24. The third-order valence-electron chi connectivity index (χ3n) is 11.8. The van der Waals surface area contributed by atoms with Crippen LogP contribution in [0, 0.1) is 0 Å². The fraction of sp³-hybridized carbons (Fsp3) is 0.781. The van der Waals surface area contributed by atoms with Gasteiger partial charge in [0.25, 0.3) is 5.91 Å². The zero-order valence-electron chi connectivity index (χ0n) is 55.9. The first-order chi connectivity index (χ1) is 47.2. The van der Waals surface area contributed by atoms with Crippen molar-refractivity contribution in [3.8, 4) is 0 Å². The number of nitrogens with zero attached hydrogens (tertiary/aromatic N) is 1. The third kappa shape index (κ3) is 66.4. The topological polar surface area (TPSA) is 300 Å². The predicted molar refractivity (Wildman–Crippen MR) is 353 cm³/mol. The number of carbonyl (C=O) groups excluding carboxylic acids is 3. The van der Waals surface area contributed by atoms with Gasteiger partial charge in [-0.15, -0.1) is 0 Å². The van der Waals surface area contributed by atoms with E-state index < -0.39 is 0 Å². The molecule has 0 saturated carbocycles.